The molecule has 1 aromatic heterocycles. The zero-order chi connectivity index (χ0) is 13.2. The highest BCUT2D eigenvalue weighted by Gasteiger charge is 2.13. The molecular weight excluding hydrogens is 258 g/mol. The van der Waals surface area contributed by atoms with Crippen molar-refractivity contribution in [1.82, 2.24) is 10.3 Å². The molecule has 0 spiro atoms. The van der Waals surface area contributed by atoms with E-state index in [1.807, 2.05) is 19.2 Å². The first-order chi connectivity index (χ1) is 9.25. The summed E-state index contributed by atoms with van der Waals surface area (Å²) >= 11 is 6.19. The fraction of sp³-hybridized carbons (Fsp3) is 0.400. The predicted octanol–water partition coefficient (Wildman–Crippen LogP) is 3.00. The van der Waals surface area contributed by atoms with Crippen LogP contribution >= 0.6 is 11.6 Å². The largest absolute Gasteiger partial charge is 0.370 e. The molecule has 100 valence electrons. The Labute approximate surface area is 118 Å². The number of fused-ring (bicyclic) bond motifs is 1. The fourth-order valence-corrected chi connectivity index (χ4v) is 2.78. The molecule has 1 fully saturated rings. The summed E-state index contributed by atoms with van der Waals surface area (Å²) in [7, 11) is 0. The van der Waals surface area contributed by atoms with Crippen LogP contribution in [0.15, 0.2) is 24.4 Å². The summed E-state index contributed by atoms with van der Waals surface area (Å²) in [5.41, 5.74) is 3.36. The molecule has 2 aromatic rings. The van der Waals surface area contributed by atoms with E-state index in [-0.39, 0.29) is 0 Å². The number of anilines is 1. The van der Waals surface area contributed by atoms with E-state index in [9.17, 15) is 0 Å². The minimum atomic E-state index is 0.787. The van der Waals surface area contributed by atoms with Gasteiger partial charge in [-0.1, -0.05) is 11.6 Å². The number of nitrogens with one attached hydrogen (secondary N) is 1. The summed E-state index contributed by atoms with van der Waals surface area (Å²) < 4.78 is 0. The van der Waals surface area contributed by atoms with Gasteiger partial charge >= 0.3 is 0 Å². The first-order valence-corrected chi connectivity index (χ1v) is 7.14. The molecule has 1 aromatic carbocycles. The van der Waals surface area contributed by atoms with Gasteiger partial charge < -0.3 is 10.2 Å². The lowest BCUT2D eigenvalue weighted by Crippen LogP contribution is -2.28. The van der Waals surface area contributed by atoms with Gasteiger partial charge in [0.1, 0.15) is 0 Å². The summed E-state index contributed by atoms with van der Waals surface area (Å²) in [4.78, 5) is 6.88. The maximum Gasteiger partial charge on any atom is 0.0737 e. The monoisotopic (exact) mass is 275 g/mol. The number of rotatable bonds is 1. The molecule has 2 heterocycles. The Balaban J connectivity index is 2.09. The number of nitrogens with zero attached hydrogens (tertiary/aromatic N) is 2. The smallest absolute Gasteiger partial charge is 0.0737 e. The minimum Gasteiger partial charge on any atom is -0.370 e. The second-order valence-electron chi connectivity index (χ2n) is 5.04. The van der Waals surface area contributed by atoms with E-state index in [0.717, 1.165) is 42.3 Å². The average molecular weight is 276 g/mol. The molecule has 1 aliphatic rings. The normalized spacial score (nSPS) is 16.6. The molecule has 0 saturated carbocycles. The quantitative estimate of drug-likeness (QED) is 0.867. The lowest BCUT2D eigenvalue weighted by Gasteiger charge is -2.24. The van der Waals surface area contributed by atoms with Gasteiger partial charge in [0.05, 0.1) is 5.52 Å². The molecule has 1 aliphatic heterocycles. The van der Waals surface area contributed by atoms with Crippen LogP contribution in [0.2, 0.25) is 5.02 Å². The van der Waals surface area contributed by atoms with Gasteiger partial charge in [0.15, 0.2) is 0 Å². The molecule has 4 heteroatoms. The highest BCUT2D eigenvalue weighted by molar-refractivity contribution is 6.32. The molecule has 0 unspecified atom stereocenters. The van der Waals surface area contributed by atoms with Crippen molar-refractivity contribution in [2.45, 2.75) is 13.3 Å². The van der Waals surface area contributed by atoms with E-state index >= 15 is 0 Å². The summed E-state index contributed by atoms with van der Waals surface area (Å²) in [6.07, 6.45) is 3.05. The molecule has 19 heavy (non-hydrogen) atoms. The van der Waals surface area contributed by atoms with E-state index in [2.05, 4.69) is 27.3 Å². The van der Waals surface area contributed by atoms with Gasteiger partial charge in [-0.25, -0.2) is 0 Å². The van der Waals surface area contributed by atoms with E-state index in [1.165, 1.54) is 17.5 Å². The molecule has 0 radical (unpaired) electrons. The Morgan fingerprint density at radius 2 is 2.16 bits per heavy atom. The van der Waals surface area contributed by atoms with E-state index in [1.54, 1.807) is 0 Å². The number of hydrogen-bond donors (Lipinski definition) is 1. The van der Waals surface area contributed by atoms with Crippen molar-refractivity contribution in [2.24, 2.45) is 0 Å². The van der Waals surface area contributed by atoms with Crippen LogP contribution in [-0.4, -0.2) is 31.2 Å². The van der Waals surface area contributed by atoms with Crippen LogP contribution in [0.4, 0.5) is 5.69 Å². The van der Waals surface area contributed by atoms with Crippen molar-refractivity contribution in [3.05, 3.63) is 35.0 Å². The first kappa shape index (κ1) is 12.7. The maximum atomic E-state index is 6.19. The van der Waals surface area contributed by atoms with Crippen LogP contribution in [0, 0.1) is 6.92 Å². The summed E-state index contributed by atoms with van der Waals surface area (Å²) in [6.45, 7) is 6.32. The van der Waals surface area contributed by atoms with Gasteiger partial charge in [0.2, 0.25) is 0 Å². The molecule has 0 aliphatic carbocycles. The standard InChI is InChI=1S/C15H18ClN3/c1-11-9-12-14(10-13(11)16)18-5-3-15(12)19-7-2-4-17-6-8-19/h3,5,9-10,17H,2,4,6-8H2,1H3. The molecule has 3 nitrogen and oxygen atoms in total. The van der Waals surface area contributed by atoms with Gasteiger partial charge in [-0.15, -0.1) is 0 Å². The van der Waals surface area contributed by atoms with Crippen LogP contribution in [-0.2, 0) is 0 Å². The number of aromatic nitrogens is 1. The third-order valence-corrected chi connectivity index (χ3v) is 4.09. The van der Waals surface area contributed by atoms with Crippen molar-refractivity contribution in [1.29, 1.82) is 0 Å². The van der Waals surface area contributed by atoms with Crippen LogP contribution in [0.3, 0.4) is 0 Å². The Bertz CT molecular complexity index is 589. The first-order valence-electron chi connectivity index (χ1n) is 6.76. The van der Waals surface area contributed by atoms with Crippen molar-refractivity contribution in [3.8, 4) is 0 Å². The third kappa shape index (κ3) is 2.53. The summed E-state index contributed by atoms with van der Waals surface area (Å²) in [5.74, 6) is 0. The zero-order valence-corrected chi connectivity index (χ0v) is 11.9. The van der Waals surface area contributed by atoms with Crippen molar-refractivity contribution in [2.75, 3.05) is 31.1 Å². The molecule has 3 rings (SSSR count). The van der Waals surface area contributed by atoms with Crippen molar-refractivity contribution >= 4 is 28.2 Å². The van der Waals surface area contributed by atoms with Gasteiger partial charge in [-0.2, -0.15) is 0 Å². The lowest BCUT2D eigenvalue weighted by atomic mass is 10.1. The van der Waals surface area contributed by atoms with Crippen LogP contribution in [0.25, 0.3) is 10.9 Å². The van der Waals surface area contributed by atoms with Crippen LogP contribution in [0.1, 0.15) is 12.0 Å². The molecule has 0 atom stereocenters. The van der Waals surface area contributed by atoms with Gasteiger partial charge in [-0.3, -0.25) is 4.98 Å². The van der Waals surface area contributed by atoms with E-state index in [4.69, 9.17) is 11.6 Å². The highest BCUT2D eigenvalue weighted by Crippen LogP contribution is 2.29. The molecule has 1 saturated heterocycles. The fourth-order valence-electron chi connectivity index (χ4n) is 2.62. The predicted molar refractivity (Wildman–Crippen MR) is 81.2 cm³/mol. The SMILES string of the molecule is Cc1cc2c(N3CCCNCC3)ccnc2cc1Cl. The number of pyridine rings is 1. The Morgan fingerprint density at radius 3 is 3.05 bits per heavy atom. The highest BCUT2D eigenvalue weighted by atomic mass is 35.5. The molecule has 1 N–H and O–H groups in total. The summed E-state index contributed by atoms with van der Waals surface area (Å²) in [6, 6.07) is 6.23. The zero-order valence-electron chi connectivity index (χ0n) is 11.1. The summed E-state index contributed by atoms with van der Waals surface area (Å²) in [5, 5.41) is 5.42. The molecule has 0 amide bonds. The number of aryl methyl sites for hydroxylation is 1. The van der Waals surface area contributed by atoms with E-state index < -0.39 is 0 Å². The van der Waals surface area contributed by atoms with Gasteiger partial charge in [-0.05, 0) is 43.7 Å². The third-order valence-electron chi connectivity index (χ3n) is 3.68. The Kier molecular flexibility index (Phi) is 3.58. The van der Waals surface area contributed by atoms with Crippen molar-refractivity contribution < 1.29 is 0 Å². The Morgan fingerprint density at radius 1 is 1.26 bits per heavy atom. The lowest BCUT2D eigenvalue weighted by molar-refractivity contribution is 0.724. The molecule has 0 bridgehead atoms. The van der Waals surface area contributed by atoms with Gasteiger partial charge in [0, 0.05) is 41.9 Å². The minimum absolute atomic E-state index is 0.787. The molecular formula is C15H18ClN3. The number of benzene rings is 1. The topological polar surface area (TPSA) is 28.2 Å². The van der Waals surface area contributed by atoms with Crippen LogP contribution < -0.4 is 10.2 Å². The van der Waals surface area contributed by atoms with Gasteiger partial charge in [0.25, 0.3) is 0 Å². The average Bonchev–Trinajstić information content (AvgIpc) is 2.68. The second kappa shape index (κ2) is 5.35. The number of halogens is 1. The maximum absolute atomic E-state index is 6.19. The van der Waals surface area contributed by atoms with Crippen LogP contribution in [0.5, 0.6) is 0 Å². The number of hydrogen-bond acceptors (Lipinski definition) is 3. The Hall–Kier alpha value is -1.32. The van der Waals surface area contributed by atoms with E-state index in [0.29, 0.717) is 0 Å². The second-order valence-corrected chi connectivity index (χ2v) is 5.45. The van der Waals surface area contributed by atoms with Crippen molar-refractivity contribution in [3.63, 3.8) is 0 Å².